The first-order valence-corrected chi connectivity index (χ1v) is 17.9. The summed E-state index contributed by atoms with van der Waals surface area (Å²) >= 11 is 0. The number of benzene rings is 4. The quantitative estimate of drug-likeness (QED) is 0.165. The SMILES string of the molecule is O=S(=O)(c1[c-]c(-c2ccccn2)ccc1)c1[c-]c2c(cc1)c1ccc(S(=O)(=O)c3[c-]c(-c4ccccn4)ccc3)[c-]c1n2-c1ncccn1.[Pt+2].[Pt+2]. The Morgan fingerprint density at radius 3 is 1.29 bits per heavy atom. The third-order valence-electron chi connectivity index (χ3n) is 7.86. The van der Waals surface area contributed by atoms with Crippen LogP contribution in [-0.4, -0.2) is 41.3 Å². The summed E-state index contributed by atoms with van der Waals surface area (Å²) in [5, 5.41) is 1.22. The number of aromatic nitrogens is 5. The Morgan fingerprint density at radius 1 is 0.431 bits per heavy atom. The van der Waals surface area contributed by atoms with Crippen LogP contribution in [0.5, 0.6) is 0 Å². The van der Waals surface area contributed by atoms with Crippen molar-refractivity contribution in [3.63, 3.8) is 0 Å². The third kappa shape index (κ3) is 6.63. The molecule has 0 N–H and O–H groups in total. The molecular weight excluding hydrogens is 1040 g/mol. The standard InChI is InChI=1S/C38H21N5O4S2.2Pt/c44-48(45,28-10-5-8-26(22-28)34-12-1-3-18-39-34)30-14-16-32-33-17-15-31(25-37(33)43(36(32)24-30)38-41-20-7-21-42-38)49(46,47)29-11-6-9-27(23-29)35-13-2-4-19-40-35;;/h1-21H;;/q-4;2*+2. The van der Waals surface area contributed by atoms with Gasteiger partial charge in [0.2, 0.25) is 5.95 Å². The molecule has 4 aromatic carbocycles. The van der Waals surface area contributed by atoms with E-state index in [0.29, 0.717) is 44.3 Å². The maximum Gasteiger partial charge on any atom is 2.00 e. The van der Waals surface area contributed by atoms with Crippen molar-refractivity contribution in [1.29, 1.82) is 0 Å². The van der Waals surface area contributed by atoms with Crippen molar-refractivity contribution in [2.24, 2.45) is 0 Å². The van der Waals surface area contributed by atoms with Gasteiger partial charge in [0.1, 0.15) is 0 Å². The molecule has 8 aromatic rings. The first-order valence-electron chi connectivity index (χ1n) is 14.9. The van der Waals surface area contributed by atoms with Gasteiger partial charge >= 0.3 is 42.1 Å². The molecule has 0 aliphatic rings. The van der Waals surface area contributed by atoms with Gasteiger partial charge in [-0.15, -0.1) is 71.8 Å². The summed E-state index contributed by atoms with van der Waals surface area (Å²) in [6.07, 6.45) is 6.33. The van der Waals surface area contributed by atoms with Gasteiger partial charge in [-0.1, -0.05) is 35.3 Å². The number of pyridine rings is 2. The molecule has 0 atom stereocenters. The van der Waals surface area contributed by atoms with Crippen LogP contribution in [0.15, 0.2) is 147 Å². The Kier molecular flexibility index (Phi) is 10.3. The summed E-state index contributed by atoms with van der Waals surface area (Å²) in [7, 11) is -8.20. The first-order chi connectivity index (χ1) is 23.8. The Bertz CT molecular complexity index is 2580. The van der Waals surface area contributed by atoms with Crippen molar-refractivity contribution in [3.05, 3.63) is 152 Å². The first kappa shape index (κ1) is 36.1. The number of hydrogen-bond donors (Lipinski definition) is 0. The van der Waals surface area contributed by atoms with Gasteiger partial charge in [-0.25, -0.2) is 26.8 Å². The molecule has 254 valence electrons. The zero-order valence-electron chi connectivity index (χ0n) is 25.9. The molecule has 8 rings (SSSR count). The smallest absolute Gasteiger partial charge is 0.328 e. The number of fused-ring (bicyclic) bond motifs is 3. The summed E-state index contributed by atoms with van der Waals surface area (Å²) in [5.41, 5.74) is 2.89. The van der Waals surface area contributed by atoms with Crippen molar-refractivity contribution in [2.75, 3.05) is 0 Å². The molecular formula is C38H21N5O4Pt2S2. The number of sulfone groups is 2. The molecule has 0 bridgehead atoms. The van der Waals surface area contributed by atoms with Crippen molar-refractivity contribution in [1.82, 2.24) is 24.5 Å². The molecule has 51 heavy (non-hydrogen) atoms. The zero-order chi connectivity index (χ0) is 33.6. The molecule has 0 unspecified atom stereocenters. The Morgan fingerprint density at radius 2 is 0.863 bits per heavy atom. The minimum Gasteiger partial charge on any atom is -0.328 e. The van der Waals surface area contributed by atoms with E-state index in [1.807, 2.05) is 12.1 Å². The van der Waals surface area contributed by atoms with E-state index in [1.54, 1.807) is 83.7 Å². The second-order valence-electron chi connectivity index (χ2n) is 10.8. The van der Waals surface area contributed by atoms with Gasteiger partial charge in [0, 0.05) is 24.8 Å². The fraction of sp³-hybridized carbons (Fsp3) is 0. The average molecular weight is 1070 g/mol. The summed E-state index contributed by atoms with van der Waals surface area (Å²) in [6.45, 7) is 0. The van der Waals surface area contributed by atoms with Crippen LogP contribution in [-0.2, 0) is 61.8 Å². The number of nitrogens with zero attached hydrogens (tertiary/aromatic N) is 5. The van der Waals surface area contributed by atoms with Gasteiger partial charge in [0.25, 0.3) is 0 Å². The normalized spacial score (nSPS) is 11.5. The molecule has 0 saturated carbocycles. The van der Waals surface area contributed by atoms with E-state index in [-0.39, 0.29) is 67.7 Å². The van der Waals surface area contributed by atoms with Gasteiger partial charge in [0.05, 0.1) is 0 Å². The number of rotatable bonds is 7. The second kappa shape index (κ2) is 14.5. The predicted octanol–water partition coefficient (Wildman–Crippen LogP) is 6.56. The second-order valence-corrected chi connectivity index (χ2v) is 14.6. The summed E-state index contributed by atoms with van der Waals surface area (Å²) in [6, 6.07) is 40.5. The van der Waals surface area contributed by atoms with Crippen LogP contribution in [0.2, 0.25) is 0 Å². The largest absolute Gasteiger partial charge is 2.00 e. The molecule has 0 saturated heterocycles. The van der Waals surface area contributed by atoms with E-state index in [9.17, 15) is 16.8 Å². The topological polar surface area (TPSA) is 125 Å². The van der Waals surface area contributed by atoms with Crippen LogP contribution < -0.4 is 0 Å². The molecule has 9 nitrogen and oxygen atoms in total. The Balaban J connectivity index is 0.00000224. The molecule has 4 heterocycles. The van der Waals surface area contributed by atoms with E-state index in [4.69, 9.17) is 0 Å². The molecule has 4 aromatic heterocycles. The summed E-state index contributed by atoms with van der Waals surface area (Å²) in [5.74, 6) is 0.187. The number of hydrogen-bond acceptors (Lipinski definition) is 8. The summed E-state index contributed by atoms with van der Waals surface area (Å²) < 4.78 is 57.5. The molecule has 0 aliphatic carbocycles. The van der Waals surface area contributed by atoms with Gasteiger partial charge in [-0.05, 0) is 49.2 Å². The average Bonchev–Trinajstić information content (AvgIpc) is 3.49. The predicted molar refractivity (Wildman–Crippen MR) is 182 cm³/mol. The van der Waals surface area contributed by atoms with Crippen LogP contribution in [0.3, 0.4) is 0 Å². The van der Waals surface area contributed by atoms with Gasteiger partial charge < -0.3 is 14.5 Å². The van der Waals surface area contributed by atoms with E-state index in [1.165, 1.54) is 36.7 Å². The van der Waals surface area contributed by atoms with Gasteiger partial charge in [-0.2, -0.15) is 35.0 Å². The third-order valence-corrected chi connectivity index (χ3v) is 11.1. The Labute approximate surface area is 322 Å². The molecule has 0 aliphatic heterocycles. The maximum atomic E-state index is 14.0. The van der Waals surface area contributed by atoms with Crippen molar-refractivity contribution in [2.45, 2.75) is 19.6 Å². The zero-order valence-corrected chi connectivity index (χ0v) is 32.1. The van der Waals surface area contributed by atoms with Crippen LogP contribution in [0.25, 0.3) is 50.3 Å². The molecule has 0 radical (unpaired) electrons. The van der Waals surface area contributed by atoms with Crippen molar-refractivity contribution in [3.8, 4) is 28.5 Å². The maximum absolute atomic E-state index is 14.0. The van der Waals surface area contributed by atoms with E-state index < -0.39 is 19.7 Å². The molecule has 0 amide bonds. The van der Waals surface area contributed by atoms with Crippen LogP contribution in [0.1, 0.15) is 0 Å². The molecule has 0 spiro atoms. The van der Waals surface area contributed by atoms with Gasteiger partial charge in [0.15, 0.2) is 19.7 Å². The van der Waals surface area contributed by atoms with Crippen LogP contribution >= 0.6 is 0 Å². The minimum atomic E-state index is -4.10. The van der Waals surface area contributed by atoms with E-state index in [2.05, 4.69) is 44.2 Å². The Hall–Kier alpha value is -4.66. The van der Waals surface area contributed by atoms with Crippen LogP contribution in [0, 0.1) is 24.3 Å². The van der Waals surface area contributed by atoms with Crippen molar-refractivity contribution < 1.29 is 59.0 Å². The fourth-order valence-electron chi connectivity index (χ4n) is 5.54. The van der Waals surface area contributed by atoms with E-state index in [0.717, 1.165) is 0 Å². The fourth-order valence-corrected chi connectivity index (χ4v) is 7.97. The molecule has 0 fully saturated rings. The minimum absolute atomic E-state index is 0. The van der Waals surface area contributed by atoms with E-state index >= 15 is 0 Å². The van der Waals surface area contributed by atoms with Crippen molar-refractivity contribution >= 4 is 41.5 Å². The summed E-state index contributed by atoms with van der Waals surface area (Å²) in [4.78, 5) is 17.1. The molecule has 13 heteroatoms. The van der Waals surface area contributed by atoms with Crippen LogP contribution in [0.4, 0.5) is 0 Å². The monoisotopic (exact) mass is 1070 g/mol. The van der Waals surface area contributed by atoms with Gasteiger partial charge in [-0.3, -0.25) is 0 Å².